The zero-order valence-corrected chi connectivity index (χ0v) is 12.0. The van der Waals surface area contributed by atoms with E-state index in [0.29, 0.717) is 32.6 Å². The minimum atomic E-state index is -0.271. The van der Waals surface area contributed by atoms with E-state index in [9.17, 15) is 4.79 Å². The summed E-state index contributed by atoms with van der Waals surface area (Å²) < 4.78 is 10.2. The molecule has 0 rings (SSSR count). The highest BCUT2D eigenvalue weighted by Crippen LogP contribution is 2.06. The first-order valence-corrected chi connectivity index (χ1v) is 6.58. The second-order valence-corrected chi connectivity index (χ2v) is 5.15. The first-order chi connectivity index (χ1) is 8.45. The maximum Gasteiger partial charge on any atom is 0.220 e. The summed E-state index contributed by atoms with van der Waals surface area (Å²) in [7, 11) is 1.65. The van der Waals surface area contributed by atoms with Crippen LogP contribution in [0.15, 0.2) is 0 Å². The van der Waals surface area contributed by atoms with Crippen LogP contribution in [0.3, 0.4) is 0 Å². The number of amides is 1. The molecule has 0 unspecified atom stereocenters. The number of hydrogen-bond acceptors (Lipinski definition) is 4. The fourth-order valence-corrected chi connectivity index (χ4v) is 1.33. The smallest absolute Gasteiger partial charge is 0.220 e. The van der Waals surface area contributed by atoms with Gasteiger partial charge < -0.3 is 20.5 Å². The van der Waals surface area contributed by atoms with Crippen LogP contribution in [0.5, 0.6) is 0 Å². The van der Waals surface area contributed by atoms with E-state index in [4.69, 9.17) is 15.2 Å². The summed E-state index contributed by atoms with van der Waals surface area (Å²) >= 11 is 0. The van der Waals surface area contributed by atoms with E-state index in [0.717, 1.165) is 19.4 Å². The van der Waals surface area contributed by atoms with Crippen molar-refractivity contribution in [2.24, 2.45) is 5.73 Å². The van der Waals surface area contributed by atoms with Crippen LogP contribution < -0.4 is 11.1 Å². The predicted octanol–water partition coefficient (Wildman–Crippen LogP) is 1.06. The Bertz CT molecular complexity index is 215. The van der Waals surface area contributed by atoms with Gasteiger partial charge in [0.15, 0.2) is 0 Å². The maximum atomic E-state index is 11.4. The number of carbonyl (C=O) groups is 1. The van der Waals surface area contributed by atoms with Crippen molar-refractivity contribution >= 4 is 5.91 Å². The number of carbonyl (C=O) groups excluding carboxylic acids is 1. The zero-order chi connectivity index (χ0) is 13.9. The van der Waals surface area contributed by atoms with Gasteiger partial charge in [0, 0.05) is 32.2 Å². The number of ether oxygens (including phenoxy) is 2. The van der Waals surface area contributed by atoms with Gasteiger partial charge in [-0.15, -0.1) is 0 Å². The Balaban J connectivity index is 3.25. The highest BCUT2D eigenvalue weighted by atomic mass is 16.5. The first kappa shape index (κ1) is 17.4. The Labute approximate surface area is 110 Å². The topological polar surface area (TPSA) is 73.6 Å². The number of unbranched alkanes of at least 4 members (excludes halogenated alkanes) is 1. The first-order valence-electron chi connectivity index (χ1n) is 6.58. The molecule has 1 amide bonds. The normalized spacial score (nSPS) is 11.6. The summed E-state index contributed by atoms with van der Waals surface area (Å²) in [6, 6.07) is 0. The van der Waals surface area contributed by atoms with Crippen LogP contribution in [0.4, 0.5) is 0 Å². The van der Waals surface area contributed by atoms with E-state index in [1.807, 2.05) is 13.8 Å². The molecule has 5 nitrogen and oxygen atoms in total. The zero-order valence-electron chi connectivity index (χ0n) is 12.0. The number of hydrogen-bond donors (Lipinski definition) is 2. The van der Waals surface area contributed by atoms with Crippen LogP contribution in [0.2, 0.25) is 0 Å². The van der Waals surface area contributed by atoms with Gasteiger partial charge in [0.05, 0.1) is 13.2 Å². The van der Waals surface area contributed by atoms with E-state index in [1.54, 1.807) is 7.11 Å². The van der Waals surface area contributed by atoms with Crippen LogP contribution in [0, 0.1) is 0 Å². The van der Waals surface area contributed by atoms with Crippen molar-refractivity contribution < 1.29 is 14.3 Å². The predicted molar refractivity (Wildman–Crippen MR) is 72.4 cm³/mol. The van der Waals surface area contributed by atoms with Crippen molar-refractivity contribution in [2.75, 3.05) is 33.5 Å². The van der Waals surface area contributed by atoms with Crippen LogP contribution in [-0.4, -0.2) is 44.9 Å². The largest absolute Gasteiger partial charge is 0.382 e. The summed E-state index contributed by atoms with van der Waals surface area (Å²) in [5, 5.41) is 2.88. The van der Waals surface area contributed by atoms with E-state index in [-0.39, 0.29) is 11.4 Å². The number of rotatable bonds is 11. The van der Waals surface area contributed by atoms with E-state index in [2.05, 4.69) is 5.32 Å². The third-order valence-electron chi connectivity index (χ3n) is 2.47. The lowest BCUT2D eigenvalue weighted by atomic mass is 10.00. The SMILES string of the molecule is COCCOCCCCNC(=O)CCC(C)(C)N. The summed E-state index contributed by atoms with van der Waals surface area (Å²) in [6.45, 7) is 6.54. The lowest BCUT2D eigenvalue weighted by Crippen LogP contribution is -2.34. The Morgan fingerprint density at radius 3 is 2.56 bits per heavy atom. The average molecular weight is 260 g/mol. The second kappa shape index (κ2) is 10.3. The molecular formula is C13H28N2O3. The molecule has 0 saturated heterocycles. The molecule has 0 aromatic carbocycles. The molecule has 3 N–H and O–H groups in total. The van der Waals surface area contributed by atoms with Gasteiger partial charge in [-0.05, 0) is 33.1 Å². The molecule has 0 heterocycles. The second-order valence-electron chi connectivity index (χ2n) is 5.15. The number of methoxy groups -OCH3 is 1. The van der Waals surface area contributed by atoms with Gasteiger partial charge in [0.2, 0.25) is 5.91 Å². The maximum absolute atomic E-state index is 11.4. The lowest BCUT2D eigenvalue weighted by Gasteiger charge is -2.17. The van der Waals surface area contributed by atoms with Gasteiger partial charge in [0.25, 0.3) is 0 Å². The van der Waals surface area contributed by atoms with Gasteiger partial charge in [-0.3, -0.25) is 4.79 Å². The molecule has 5 heteroatoms. The Kier molecular flexibility index (Phi) is 9.92. The Hall–Kier alpha value is -0.650. The van der Waals surface area contributed by atoms with Crippen molar-refractivity contribution in [3.05, 3.63) is 0 Å². The van der Waals surface area contributed by atoms with Gasteiger partial charge in [-0.25, -0.2) is 0 Å². The third kappa shape index (κ3) is 13.4. The van der Waals surface area contributed by atoms with Crippen molar-refractivity contribution in [1.29, 1.82) is 0 Å². The van der Waals surface area contributed by atoms with Crippen LogP contribution >= 0.6 is 0 Å². The summed E-state index contributed by atoms with van der Waals surface area (Å²) in [4.78, 5) is 11.4. The van der Waals surface area contributed by atoms with Crippen molar-refractivity contribution in [1.82, 2.24) is 5.32 Å². The van der Waals surface area contributed by atoms with Crippen LogP contribution in [-0.2, 0) is 14.3 Å². The molecule has 18 heavy (non-hydrogen) atoms. The molecule has 0 aliphatic rings. The fourth-order valence-electron chi connectivity index (χ4n) is 1.33. The van der Waals surface area contributed by atoms with Crippen molar-refractivity contribution in [3.63, 3.8) is 0 Å². The Morgan fingerprint density at radius 2 is 1.94 bits per heavy atom. The fraction of sp³-hybridized carbons (Fsp3) is 0.923. The third-order valence-corrected chi connectivity index (χ3v) is 2.47. The monoisotopic (exact) mass is 260 g/mol. The standard InChI is InChI=1S/C13H28N2O3/c1-13(2,14)7-6-12(16)15-8-4-5-9-18-11-10-17-3/h4-11,14H2,1-3H3,(H,15,16). The van der Waals surface area contributed by atoms with Crippen LogP contribution in [0.25, 0.3) is 0 Å². The summed E-state index contributed by atoms with van der Waals surface area (Å²) in [6.07, 6.45) is 3.09. The lowest BCUT2D eigenvalue weighted by molar-refractivity contribution is -0.121. The van der Waals surface area contributed by atoms with E-state index in [1.165, 1.54) is 0 Å². The van der Waals surface area contributed by atoms with Gasteiger partial charge in [-0.2, -0.15) is 0 Å². The number of nitrogens with two attached hydrogens (primary N) is 1. The molecule has 0 aliphatic carbocycles. The van der Waals surface area contributed by atoms with Crippen molar-refractivity contribution in [3.8, 4) is 0 Å². The quantitative estimate of drug-likeness (QED) is 0.545. The molecule has 0 bridgehead atoms. The summed E-state index contributed by atoms with van der Waals surface area (Å²) in [5.41, 5.74) is 5.54. The van der Waals surface area contributed by atoms with Gasteiger partial charge in [0.1, 0.15) is 0 Å². The minimum Gasteiger partial charge on any atom is -0.382 e. The van der Waals surface area contributed by atoms with Crippen LogP contribution in [0.1, 0.15) is 39.5 Å². The molecular weight excluding hydrogens is 232 g/mol. The van der Waals surface area contributed by atoms with E-state index < -0.39 is 0 Å². The highest BCUT2D eigenvalue weighted by molar-refractivity contribution is 5.75. The molecule has 108 valence electrons. The molecule has 0 saturated carbocycles. The Morgan fingerprint density at radius 1 is 1.22 bits per heavy atom. The molecule has 0 fully saturated rings. The van der Waals surface area contributed by atoms with Gasteiger partial charge >= 0.3 is 0 Å². The molecule has 0 spiro atoms. The van der Waals surface area contributed by atoms with Crippen molar-refractivity contribution in [2.45, 2.75) is 45.1 Å². The molecule has 0 aliphatic heterocycles. The molecule has 0 atom stereocenters. The number of nitrogens with one attached hydrogen (secondary N) is 1. The molecule has 0 radical (unpaired) electrons. The molecule has 0 aromatic rings. The average Bonchev–Trinajstić information content (AvgIpc) is 2.29. The summed E-state index contributed by atoms with van der Waals surface area (Å²) in [5.74, 6) is 0.0776. The highest BCUT2D eigenvalue weighted by Gasteiger charge is 2.12. The van der Waals surface area contributed by atoms with Gasteiger partial charge in [-0.1, -0.05) is 0 Å². The minimum absolute atomic E-state index is 0.0776. The van der Waals surface area contributed by atoms with E-state index >= 15 is 0 Å². The molecule has 0 aromatic heterocycles.